The standard InChI is InChI=1S/C29H31N3O4/c1-19(32-17-24-13-14-25(18-32)36-24)28(33)31-26-16-23(12-15-27(26)35-2)30-29(34)22-10-8-21(9-11-22)20-6-4-3-5-7-20/h3-12,15-16,19,24-25H,13-14,17-18H2,1-2H3,(H,30,34)(H,31,33). The Labute approximate surface area is 211 Å². The summed E-state index contributed by atoms with van der Waals surface area (Å²) in [6.45, 7) is 3.44. The van der Waals surface area contributed by atoms with E-state index in [0.717, 1.165) is 37.1 Å². The van der Waals surface area contributed by atoms with Crippen molar-refractivity contribution < 1.29 is 19.1 Å². The summed E-state index contributed by atoms with van der Waals surface area (Å²) in [5, 5.41) is 5.91. The van der Waals surface area contributed by atoms with Crippen LogP contribution >= 0.6 is 0 Å². The molecule has 3 aromatic carbocycles. The van der Waals surface area contributed by atoms with Crippen LogP contribution in [0.4, 0.5) is 11.4 Å². The van der Waals surface area contributed by atoms with Crippen LogP contribution in [0.2, 0.25) is 0 Å². The number of carbonyl (C=O) groups excluding carboxylic acids is 2. The van der Waals surface area contributed by atoms with Crippen molar-refractivity contribution in [2.75, 3.05) is 30.8 Å². The van der Waals surface area contributed by atoms with Crippen molar-refractivity contribution in [3.8, 4) is 16.9 Å². The number of methoxy groups -OCH3 is 1. The molecule has 2 aliphatic rings. The first-order chi connectivity index (χ1) is 17.5. The Bertz CT molecular complexity index is 1220. The zero-order valence-electron chi connectivity index (χ0n) is 20.6. The largest absolute Gasteiger partial charge is 0.495 e. The smallest absolute Gasteiger partial charge is 0.255 e. The van der Waals surface area contributed by atoms with Crippen LogP contribution in [0.25, 0.3) is 11.1 Å². The first kappa shape index (κ1) is 24.0. The highest BCUT2D eigenvalue weighted by atomic mass is 16.5. The molecule has 7 heteroatoms. The minimum absolute atomic E-state index is 0.116. The minimum Gasteiger partial charge on any atom is -0.495 e. The Balaban J connectivity index is 1.25. The third kappa shape index (κ3) is 5.27. The molecular formula is C29H31N3O4. The van der Waals surface area contributed by atoms with Crippen molar-refractivity contribution in [2.45, 2.75) is 38.0 Å². The molecule has 2 N–H and O–H groups in total. The Morgan fingerprint density at radius 2 is 1.58 bits per heavy atom. The van der Waals surface area contributed by atoms with Gasteiger partial charge in [-0.25, -0.2) is 0 Å². The first-order valence-electron chi connectivity index (χ1n) is 12.4. The van der Waals surface area contributed by atoms with Gasteiger partial charge in [-0.3, -0.25) is 14.5 Å². The van der Waals surface area contributed by atoms with E-state index in [9.17, 15) is 9.59 Å². The van der Waals surface area contributed by atoms with E-state index in [2.05, 4.69) is 15.5 Å². The molecule has 0 saturated carbocycles. The van der Waals surface area contributed by atoms with Crippen molar-refractivity contribution in [3.63, 3.8) is 0 Å². The third-order valence-corrected chi connectivity index (χ3v) is 6.97. The number of benzene rings is 3. The molecule has 7 nitrogen and oxygen atoms in total. The Kier molecular flexibility index (Phi) is 7.02. The maximum atomic E-state index is 13.1. The van der Waals surface area contributed by atoms with E-state index in [0.29, 0.717) is 22.7 Å². The molecular weight excluding hydrogens is 454 g/mol. The van der Waals surface area contributed by atoms with Gasteiger partial charge in [-0.1, -0.05) is 42.5 Å². The SMILES string of the molecule is COc1ccc(NC(=O)c2ccc(-c3ccccc3)cc2)cc1NC(=O)C(C)N1CC2CCC(C1)O2. The van der Waals surface area contributed by atoms with Crippen LogP contribution in [0, 0.1) is 0 Å². The van der Waals surface area contributed by atoms with Gasteiger partial charge in [-0.2, -0.15) is 0 Å². The van der Waals surface area contributed by atoms with Crippen molar-refractivity contribution in [2.24, 2.45) is 0 Å². The number of hydrogen-bond acceptors (Lipinski definition) is 5. The number of carbonyl (C=O) groups is 2. The van der Waals surface area contributed by atoms with Gasteiger partial charge in [-0.15, -0.1) is 0 Å². The number of nitrogens with one attached hydrogen (secondary N) is 2. The average molecular weight is 486 g/mol. The van der Waals surface area contributed by atoms with Gasteiger partial charge >= 0.3 is 0 Å². The summed E-state index contributed by atoms with van der Waals surface area (Å²) in [6, 6.07) is 22.4. The maximum absolute atomic E-state index is 13.1. The number of rotatable bonds is 7. The number of likely N-dealkylation sites (tertiary alicyclic amines) is 1. The fraction of sp³-hybridized carbons (Fsp3) is 0.310. The molecule has 186 valence electrons. The molecule has 0 aliphatic carbocycles. The van der Waals surface area contributed by atoms with E-state index >= 15 is 0 Å². The lowest BCUT2D eigenvalue weighted by atomic mass is 10.0. The molecule has 0 spiro atoms. The lowest BCUT2D eigenvalue weighted by Gasteiger charge is -2.35. The number of anilines is 2. The van der Waals surface area contributed by atoms with E-state index < -0.39 is 0 Å². The summed E-state index contributed by atoms with van der Waals surface area (Å²) in [6.07, 6.45) is 2.54. The molecule has 3 unspecified atom stereocenters. The van der Waals surface area contributed by atoms with Crippen LogP contribution in [0.1, 0.15) is 30.1 Å². The lowest BCUT2D eigenvalue weighted by molar-refractivity contribution is -0.124. The Morgan fingerprint density at radius 1 is 0.917 bits per heavy atom. The summed E-state index contributed by atoms with van der Waals surface area (Å²) in [5.41, 5.74) is 3.78. The van der Waals surface area contributed by atoms with Crippen molar-refractivity contribution in [3.05, 3.63) is 78.4 Å². The molecule has 3 aromatic rings. The van der Waals surface area contributed by atoms with E-state index in [1.54, 1.807) is 37.4 Å². The number of nitrogens with zero attached hydrogens (tertiary/aromatic N) is 1. The predicted octanol–water partition coefficient (Wildman–Crippen LogP) is 4.80. The number of ether oxygens (including phenoxy) is 2. The van der Waals surface area contributed by atoms with Gasteiger partial charge in [0.25, 0.3) is 5.91 Å². The van der Waals surface area contributed by atoms with Crippen LogP contribution in [0.15, 0.2) is 72.8 Å². The molecule has 0 aromatic heterocycles. The summed E-state index contributed by atoms with van der Waals surface area (Å²) >= 11 is 0. The van der Waals surface area contributed by atoms with Crippen LogP contribution in [0.5, 0.6) is 5.75 Å². The second-order valence-corrected chi connectivity index (χ2v) is 9.39. The molecule has 3 atom stereocenters. The van der Waals surface area contributed by atoms with Crippen LogP contribution < -0.4 is 15.4 Å². The second kappa shape index (κ2) is 10.5. The quantitative estimate of drug-likeness (QED) is 0.502. The first-order valence-corrected chi connectivity index (χ1v) is 12.4. The number of morpholine rings is 1. The number of hydrogen-bond donors (Lipinski definition) is 2. The second-order valence-electron chi connectivity index (χ2n) is 9.39. The number of fused-ring (bicyclic) bond motifs is 2. The molecule has 2 aliphatic heterocycles. The topological polar surface area (TPSA) is 79.9 Å². The monoisotopic (exact) mass is 485 g/mol. The molecule has 36 heavy (non-hydrogen) atoms. The van der Waals surface area contributed by atoms with Gasteiger partial charge in [0.15, 0.2) is 0 Å². The summed E-state index contributed by atoms with van der Waals surface area (Å²) in [7, 11) is 1.56. The van der Waals surface area contributed by atoms with Crippen molar-refractivity contribution in [1.29, 1.82) is 0 Å². The molecule has 5 rings (SSSR count). The minimum atomic E-state index is -0.303. The van der Waals surface area contributed by atoms with Crippen molar-refractivity contribution in [1.82, 2.24) is 4.90 Å². The van der Waals surface area contributed by atoms with E-state index in [4.69, 9.17) is 9.47 Å². The van der Waals surface area contributed by atoms with Gasteiger partial charge in [0, 0.05) is 24.3 Å². The fourth-order valence-electron chi connectivity index (χ4n) is 4.90. The zero-order valence-corrected chi connectivity index (χ0v) is 20.6. The normalized spacial score (nSPS) is 19.9. The molecule has 2 fully saturated rings. The van der Waals surface area contributed by atoms with Crippen LogP contribution in [0.3, 0.4) is 0 Å². The average Bonchev–Trinajstić information content (AvgIpc) is 3.26. The molecule has 2 amide bonds. The maximum Gasteiger partial charge on any atom is 0.255 e. The highest BCUT2D eigenvalue weighted by molar-refractivity contribution is 6.05. The van der Waals surface area contributed by atoms with Crippen LogP contribution in [-0.4, -0.2) is 55.2 Å². The van der Waals surface area contributed by atoms with Crippen molar-refractivity contribution >= 4 is 23.2 Å². The molecule has 2 bridgehead atoms. The molecule has 2 saturated heterocycles. The summed E-state index contributed by atoms with van der Waals surface area (Å²) < 4.78 is 11.4. The molecule has 0 radical (unpaired) electrons. The zero-order chi connectivity index (χ0) is 25.1. The Hall–Kier alpha value is -3.68. The predicted molar refractivity (Wildman–Crippen MR) is 140 cm³/mol. The van der Waals surface area contributed by atoms with Crippen LogP contribution in [-0.2, 0) is 9.53 Å². The van der Waals surface area contributed by atoms with Gasteiger partial charge in [0.05, 0.1) is 31.0 Å². The molecule has 2 heterocycles. The van der Waals surface area contributed by atoms with E-state index in [1.165, 1.54) is 0 Å². The van der Waals surface area contributed by atoms with Gasteiger partial charge in [0.2, 0.25) is 5.91 Å². The van der Waals surface area contributed by atoms with Gasteiger partial charge in [0.1, 0.15) is 5.75 Å². The lowest BCUT2D eigenvalue weighted by Crippen LogP contribution is -2.51. The van der Waals surface area contributed by atoms with E-state index in [-0.39, 0.29) is 30.1 Å². The fourth-order valence-corrected chi connectivity index (χ4v) is 4.90. The summed E-state index contributed by atoms with van der Waals surface area (Å²) in [5.74, 6) is 0.187. The Morgan fingerprint density at radius 3 is 2.25 bits per heavy atom. The highest BCUT2D eigenvalue weighted by Gasteiger charge is 2.37. The van der Waals surface area contributed by atoms with Gasteiger partial charge < -0.3 is 20.1 Å². The third-order valence-electron chi connectivity index (χ3n) is 6.97. The highest BCUT2D eigenvalue weighted by Crippen LogP contribution is 2.30. The summed E-state index contributed by atoms with van der Waals surface area (Å²) in [4.78, 5) is 28.1. The van der Waals surface area contributed by atoms with E-state index in [1.807, 2.05) is 49.4 Å². The number of amides is 2. The van der Waals surface area contributed by atoms with Gasteiger partial charge in [-0.05, 0) is 61.2 Å².